The molecule has 2 N–H and O–H groups in total. The van der Waals surface area contributed by atoms with Crippen molar-refractivity contribution in [2.24, 2.45) is 0 Å². The Hall–Kier alpha value is -2.61. The number of benzene rings is 2. The number of hydrogen-bond acceptors (Lipinski definition) is 3. The molecule has 1 aliphatic rings. The van der Waals surface area contributed by atoms with Crippen molar-refractivity contribution in [2.75, 3.05) is 12.1 Å². The second-order valence-corrected chi connectivity index (χ2v) is 5.59. The summed E-state index contributed by atoms with van der Waals surface area (Å²) < 4.78 is 48.6. The summed E-state index contributed by atoms with van der Waals surface area (Å²) in [5, 5.41) is 4.85. The van der Waals surface area contributed by atoms with Crippen LogP contribution in [-0.2, 0) is 12.7 Å². The summed E-state index contributed by atoms with van der Waals surface area (Å²) in [6, 6.07) is 7.18. The van der Waals surface area contributed by atoms with Gasteiger partial charge in [0.05, 0.1) is 16.3 Å². The van der Waals surface area contributed by atoms with Crippen LogP contribution in [0.15, 0.2) is 36.4 Å². The van der Waals surface area contributed by atoms with Gasteiger partial charge in [-0.3, -0.25) is 0 Å². The number of rotatable bonds is 3. The van der Waals surface area contributed by atoms with Crippen molar-refractivity contribution in [3.8, 4) is 11.5 Å². The number of carbonyl (C=O) groups excluding carboxylic acids is 1. The first-order chi connectivity index (χ1) is 11.8. The van der Waals surface area contributed by atoms with Crippen molar-refractivity contribution >= 4 is 23.3 Å². The van der Waals surface area contributed by atoms with E-state index in [0.717, 1.165) is 23.8 Å². The summed E-state index contributed by atoms with van der Waals surface area (Å²) in [5.41, 5.74) is -0.280. The second-order valence-electron chi connectivity index (χ2n) is 5.19. The fraction of sp³-hybridized carbons (Fsp3) is 0.188. The third-order valence-electron chi connectivity index (χ3n) is 3.43. The van der Waals surface area contributed by atoms with Crippen LogP contribution in [-0.4, -0.2) is 12.8 Å². The van der Waals surface area contributed by atoms with Gasteiger partial charge < -0.3 is 20.1 Å². The molecule has 1 heterocycles. The van der Waals surface area contributed by atoms with E-state index < -0.39 is 17.8 Å². The topological polar surface area (TPSA) is 59.6 Å². The first-order valence-electron chi connectivity index (χ1n) is 7.13. The highest BCUT2D eigenvalue weighted by Gasteiger charge is 2.31. The largest absolute Gasteiger partial charge is 0.454 e. The molecular weight excluding hydrogens is 361 g/mol. The molecule has 0 radical (unpaired) electrons. The van der Waals surface area contributed by atoms with Gasteiger partial charge in [0.15, 0.2) is 11.5 Å². The van der Waals surface area contributed by atoms with Crippen LogP contribution in [0.3, 0.4) is 0 Å². The van der Waals surface area contributed by atoms with Crippen LogP contribution in [0.2, 0.25) is 5.02 Å². The summed E-state index contributed by atoms with van der Waals surface area (Å²) in [7, 11) is 0. The Kier molecular flexibility index (Phi) is 4.63. The van der Waals surface area contributed by atoms with Crippen molar-refractivity contribution < 1.29 is 27.4 Å². The van der Waals surface area contributed by atoms with Crippen molar-refractivity contribution in [1.29, 1.82) is 0 Å². The van der Waals surface area contributed by atoms with Crippen molar-refractivity contribution in [3.05, 3.63) is 52.5 Å². The zero-order valence-corrected chi connectivity index (χ0v) is 13.4. The minimum atomic E-state index is -4.52. The molecule has 5 nitrogen and oxygen atoms in total. The number of amides is 2. The summed E-state index contributed by atoms with van der Waals surface area (Å²) in [4.78, 5) is 11.9. The lowest BCUT2D eigenvalue weighted by atomic mass is 10.2. The monoisotopic (exact) mass is 372 g/mol. The molecular formula is C16H12ClF3N2O3. The van der Waals surface area contributed by atoms with Gasteiger partial charge in [-0.15, -0.1) is 0 Å². The number of ether oxygens (including phenoxy) is 2. The number of carbonyl (C=O) groups is 1. The smallest absolute Gasteiger partial charge is 0.416 e. The minimum absolute atomic E-state index is 0.00577. The van der Waals surface area contributed by atoms with Crippen LogP contribution in [0.5, 0.6) is 11.5 Å². The normalized spacial score (nSPS) is 12.8. The van der Waals surface area contributed by atoms with E-state index in [1.807, 2.05) is 0 Å². The van der Waals surface area contributed by atoms with Gasteiger partial charge in [0.1, 0.15) is 0 Å². The Bertz CT molecular complexity index is 812. The van der Waals surface area contributed by atoms with Crippen LogP contribution >= 0.6 is 11.6 Å². The third-order valence-corrected chi connectivity index (χ3v) is 3.76. The molecule has 0 spiro atoms. The predicted molar refractivity (Wildman–Crippen MR) is 84.9 cm³/mol. The van der Waals surface area contributed by atoms with E-state index in [1.54, 1.807) is 18.2 Å². The molecule has 0 saturated carbocycles. The average Bonchev–Trinajstić information content (AvgIpc) is 3.01. The van der Waals surface area contributed by atoms with Gasteiger partial charge in [0.25, 0.3) is 0 Å². The summed E-state index contributed by atoms with van der Waals surface area (Å²) in [6.07, 6.45) is -4.52. The molecule has 1 aliphatic heterocycles. The standard InChI is InChI=1S/C16H12ClF3N2O3/c17-11-3-2-10(16(18,19)20)6-12(11)22-15(23)21-7-9-1-4-13-14(5-9)25-8-24-13/h1-6H,7-8H2,(H2,21,22,23). The van der Waals surface area contributed by atoms with Crippen LogP contribution in [0.4, 0.5) is 23.7 Å². The first kappa shape index (κ1) is 17.2. The number of anilines is 1. The molecule has 0 atom stereocenters. The van der Waals surface area contributed by atoms with E-state index in [-0.39, 0.29) is 24.0 Å². The highest BCUT2D eigenvalue weighted by molar-refractivity contribution is 6.33. The maximum Gasteiger partial charge on any atom is 0.416 e. The lowest BCUT2D eigenvalue weighted by Crippen LogP contribution is -2.28. The first-order valence-corrected chi connectivity index (χ1v) is 7.51. The van der Waals surface area contributed by atoms with Crippen molar-refractivity contribution in [1.82, 2.24) is 5.32 Å². The van der Waals surface area contributed by atoms with Gasteiger partial charge >= 0.3 is 12.2 Å². The van der Waals surface area contributed by atoms with Crippen molar-refractivity contribution in [2.45, 2.75) is 12.7 Å². The Morgan fingerprint density at radius 3 is 2.64 bits per heavy atom. The fourth-order valence-corrected chi connectivity index (χ4v) is 2.36. The number of urea groups is 1. The van der Waals surface area contributed by atoms with Gasteiger partial charge in [-0.1, -0.05) is 17.7 Å². The molecule has 2 aromatic rings. The van der Waals surface area contributed by atoms with E-state index >= 15 is 0 Å². The van der Waals surface area contributed by atoms with Gasteiger partial charge in [-0.05, 0) is 35.9 Å². The van der Waals surface area contributed by atoms with Crippen molar-refractivity contribution in [3.63, 3.8) is 0 Å². The van der Waals surface area contributed by atoms with E-state index in [4.69, 9.17) is 21.1 Å². The third kappa shape index (κ3) is 4.08. The Balaban J connectivity index is 1.63. The highest BCUT2D eigenvalue weighted by atomic mass is 35.5. The van der Waals surface area contributed by atoms with E-state index in [2.05, 4.69) is 10.6 Å². The predicted octanol–water partition coefficient (Wildman–Crippen LogP) is 4.41. The lowest BCUT2D eigenvalue weighted by Gasteiger charge is -2.12. The molecule has 25 heavy (non-hydrogen) atoms. The second kappa shape index (κ2) is 6.72. The number of alkyl halides is 3. The molecule has 0 fully saturated rings. The summed E-state index contributed by atoms with van der Waals surface area (Å²) in [5.74, 6) is 1.18. The summed E-state index contributed by atoms with van der Waals surface area (Å²) in [6.45, 7) is 0.291. The van der Waals surface area contributed by atoms with E-state index in [1.165, 1.54) is 0 Å². The SMILES string of the molecule is O=C(NCc1ccc2c(c1)OCO2)Nc1cc(C(F)(F)F)ccc1Cl. The van der Waals surface area contributed by atoms with E-state index in [0.29, 0.717) is 11.5 Å². The highest BCUT2D eigenvalue weighted by Crippen LogP contribution is 2.34. The molecule has 2 aromatic carbocycles. The minimum Gasteiger partial charge on any atom is -0.454 e. The Morgan fingerprint density at radius 1 is 1.12 bits per heavy atom. The molecule has 0 aromatic heterocycles. The van der Waals surface area contributed by atoms with Crippen LogP contribution in [0.1, 0.15) is 11.1 Å². The zero-order chi connectivity index (χ0) is 18.0. The van der Waals surface area contributed by atoms with Gasteiger partial charge in [0, 0.05) is 6.54 Å². The molecule has 0 saturated heterocycles. The average molecular weight is 373 g/mol. The quantitative estimate of drug-likeness (QED) is 0.839. The van der Waals surface area contributed by atoms with Crippen LogP contribution < -0.4 is 20.1 Å². The molecule has 0 unspecified atom stereocenters. The molecule has 0 aliphatic carbocycles. The Morgan fingerprint density at radius 2 is 1.88 bits per heavy atom. The molecule has 2 amide bonds. The Labute approximate surface area is 145 Å². The maximum atomic E-state index is 12.7. The van der Waals surface area contributed by atoms with E-state index in [9.17, 15) is 18.0 Å². The number of fused-ring (bicyclic) bond motifs is 1. The molecule has 3 rings (SSSR count). The van der Waals surface area contributed by atoms with Gasteiger partial charge in [-0.25, -0.2) is 4.79 Å². The fourth-order valence-electron chi connectivity index (χ4n) is 2.20. The molecule has 0 bridgehead atoms. The molecule has 9 heteroatoms. The van der Waals surface area contributed by atoms with Gasteiger partial charge in [-0.2, -0.15) is 13.2 Å². The van der Waals surface area contributed by atoms with Gasteiger partial charge in [0.2, 0.25) is 6.79 Å². The van der Waals surface area contributed by atoms with Crippen LogP contribution in [0.25, 0.3) is 0 Å². The zero-order valence-electron chi connectivity index (χ0n) is 12.6. The number of halogens is 4. The van der Waals surface area contributed by atoms with Crippen LogP contribution in [0, 0.1) is 0 Å². The number of hydrogen-bond donors (Lipinski definition) is 2. The maximum absolute atomic E-state index is 12.7. The summed E-state index contributed by atoms with van der Waals surface area (Å²) >= 11 is 5.83. The lowest BCUT2D eigenvalue weighted by molar-refractivity contribution is -0.137. The number of nitrogens with one attached hydrogen (secondary N) is 2. The molecule has 132 valence electrons.